The van der Waals surface area contributed by atoms with E-state index >= 15 is 0 Å². The van der Waals surface area contributed by atoms with Crippen molar-refractivity contribution in [3.63, 3.8) is 0 Å². The lowest BCUT2D eigenvalue weighted by molar-refractivity contribution is -0.384. The van der Waals surface area contributed by atoms with Crippen LogP contribution in [0.1, 0.15) is 17.2 Å². The van der Waals surface area contributed by atoms with E-state index in [2.05, 4.69) is 4.84 Å². The maximum absolute atomic E-state index is 10.6. The lowest BCUT2D eigenvalue weighted by atomic mass is 10.1. The molecule has 0 unspecified atom stereocenters. The zero-order valence-electron chi connectivity index (χ0n) is 7.68. The molecule has 0 heterocycles. The summed E-state index contributed by atoms with van der Waals surface area (Å²) in [6.45, 7) is 0. The maximum Gasteiger partial charge on any atom is 0.269 e. The van der Waals surface area contributed by atoms with Crippen molar-refractivity contribution in [1.82, 2.24) is 4.84 Å². The highest BCUT2D eigenvalue weighted by Gasteiger charge is 2.31. The summed E-state index contributed by atoms with van der Waals surface area (Å²) in [4.78, 5) is 12.5. The van der Waals surface area contributed by atoms with Gasteiger partial charge >= 0.3 is 0 Å². The monoisotopic (exact) mass is 228 g/mol. The predicted octanol–water partition coefficient (Wildman–Crippen LogP) is 1.30. The first-order valence-corrected chi connectivity index (χ1v) is 4.82. The number of hydrogen-bond donors (Lipinski definition) is 2. The number of rotatable bonds is 2. The van der Waals surface area contributed by atoms with Gasteiger partial charge in [-0.25, -0.2) is 4.84 Å². The molecule has 5 nitrogen and oxygen atoms in total. The first kappa shape index (κ1) is 10.4. The van der Waals surface area contributed by atoms with E-state index in [9.17, 15) is 15.2 Å². The number of hydrogen-bond acceptors (Lipinski definition) is 4. The van der Waals surface area contributed by atoms with Crippen molar-refractivity contribution >= 4 is 17.5 Å². The van der Waals surface area contributed by atoms with Crippen molar-refractivity contribution in [3.8, 4) is 0 Å². The Kier molecular flexibility index (Phi) is 2.60. The predicted molar refractivity (Wildman–Crippen MR) is 54.5 cm³/mol. The molecule has 0 bridgehead atoms. The Morgan fingerprint density at radius 2 is 2.33 bits per heavy atom. The van der Waals surface area contributed by atoms with Gasteiger partial charge in [-0.1, -0.05) is 6.07 Å². The molecule has 1 aliphatic carbocycles. The molecule has 1 aliphatic rings. The summed E-state index contributed by atoms with van der Waals surface area (Å²) in [6.07, 6.45) is -0.156. The summed E-state index contributed by atoms with van der Waals surface area (Å²) in [7, 11) is 0. The van der Waals surface area contributed by atoms with Crippen LogP contribution in [0.25, 0.3) is 0 Å². The molecular formula is C9H9ClN2O3. The number of fused-ring (bicyclic) bond motifs is 1. The number of aliphatic hydroxyl groups excluding tert-OH is 1. The third-order valence-electron chi connectivity index (χ3n) is 2.61. The number of nitrogens with one attached hydrogen (secondary N) is 1. The van der Waals surface area contributed by atoms with Crippen LogP contribution in [0.5, 0.6) is 0 Å². The van der Waals surface area contributed by atoms with E-state index in [-0.39, 0.29) is 5.69 Å². The molecule has 6 heteroatoms. The van der Waals surface area contributed by atoms with Crippen LogP contribution in [0, 0.1) is 10.1 Å². The fourth-order valence-electron chi connectivity index (χ4n) is 1.85. The van der Waals surface area contributed by atoms with Crippen molar-refractivity contribution < 1.29 is 10.0 Å². The minimum Gasteiger partial charge on any atom is -0.391 e. The summed E-state index contributed by atoms with van der Waals surface area (Å²) < 4.78 is 0. The molecule has 0 aliphatic heterocycles. The van der Waals surface area contributed by atoms with Crippen LogP contribution in [0.3, 0.4) is 0 Å². The van der Waals surface area contributed by atoms with Crippen molar-refractivity contribution in [2.24, 2.45) is 0 Å². The fourth-order valence-corrected chi connectivity index (χ4v) is 2.12. The Bertz CT molecular complexity index is 410. The Hall–Kier alpha value is -1.17. The highest BCUT2D eigenvalue weighted by atomic mass is 35.5. The van der Waals surface area contributed by atoms with E-state index in [0.717, 1.165) is 5.56 Å². The molecule has 1 aromatic carbocycles. The molecule has 2 atom stereocenters. The van der Waals surface area contributed by atoms with E-state index < -0.39 is 17.1 Å². The van der Waals surface area contributed by atoms with Gasteiger partial charge in [0.05, 0.1) is 17.1 Å². The summed E-state index contributed by atoms with van der Waals surface area (Å²) >= 11 is 5.48. The smallest absolute Gasteiger partial charge is 0.269 e. The van der Waals surface area contributed by atoms with E-state index in [1.54, 1.807) is 6.07 Å². The summed E-state index contributed by atoms with van der Waals surface area (Å²) in [5.74, 6) is 0. The van der Waals surface area contributed by atoms with Crippen LogP contribution in [0.4, 0.5) is 5.69 Å². The molecular weight excluding hydrogens is 220 g/mol. The highest BCUT2D eigenvalue weighted by Crippen LogP contribution is 2.34. The molecule has 0 saturated heterocycles. The molecule has 0 spiro atoms. The van der Waals surface area contributed by atoms with Gasteiger partial charge in [-0.15, -0.1) is 0 Å². The van der Waals surface area contributed by atoms with Crippen LogP contribution in [0.2, 0.25) is 0 Å². The highest BCUT2D eigenvalue weighted by molar-refractivity contribution is 6.13. The van der Waals surface area contributed by atoms with E-state index in [1.807, 2.05) is 0 Å². The van der Waals surface area contributed by atoms with Gasteiger partial charge in [-0.2, -0.15) is 0 Å². The number of halogens is 1. The summed E-state index contributed by atoms with van der Waals surface area (Å²) in [5, 5.41) is 20.2. The van der Waals surface area contributed by atoms with Crippen LogP contribution in [-0.4, -0.2) is 16.1 Å². The number of benzene rings is 1. The van der Waals surface area contributed by atoms with E-state index in [4.69, 9.17) is 11.8 Å². The normalized spacial score (nSPS) is 23.9. The third-order valence-corrected chi connectivity index (χ3v) is 2.84. The zero-order chi connectivity index (χ0) is 11.0. The molecule has 0 amide bonds. The second-order valence-corrected chi connectivity index (χ2v) is 3.72. The van der Waals surface area contributed by atoms with Crippen molar-refractivity contribution in [2.45, 2.75) is 18.6 Å². The number of nitro groups is 1. The van der Waals surface area contributed by atoms with Gasteiger partial charge in [0.25, 0.3) is 5.69 Å². The van der Waals surface area contributed by atoms with E-state index in [0.29, 0.717) is 12.0 Å². The van der Waals surface area contributed by atoms with E-state index in [1.165, 1.54) is 12.1 Å². The van der Waals surface area contributed by atoms with Crippen LogP contribution < -0.4 is 4.84 Å². The lowest BCUT2D eigenvalue weighted by Crippen LogP contribution is -2.21. The van der Waals surface area contributed by atoms with Crippen LogP contribution >= 0.6 is 11.8 Å². The lowest BCUT2D eigenvalue weighted by Gasteiger charge is -2.12. The molecule has 0 fully saturated rings. The Balaban J connectivity index is 2.44. The number of nitro benzene ring substituents is 1. The van der Waals surface area contributed by atoms with Crippen molar-refractivity contribution in [1.29, 1.82) is 0 Å². The van der Waals surface area contributed by atoms with Crippen LogP contribution in [0.15, 0.2) is 18.2 Å². The second kappa shape index (κ2) is 3.77. The molecule has 15 heavy (non-hydrogen) atoms. The topological polar surface area (TPSA) is 75.4 Å². The molecule has 2 N–H and O–H groups in total. The quantitative estimate of drug-likeness (QED) is 0.455. The largest absolute Gasteiger partial charge is 0.391 e. The summed E-state index contributed by atoms with van der Waals surface area (Å²) in [6, 6.07) is 4.11. The standard InChI is InChI=1S/C9H9ClN2O3/c10-11-9-7-4-6(12(14)15)2-1-5(7)3-8(9)13/h1-2,4,8-9,11,13H,3H2/t8-,9+/m0/s1. The molecule has 2 rings (SSSR count). The van der Waals surface area contributed by atoms with Gasteiger partial charge in [0, 0.05) is 18.6 Å². The molecule has 0 radical (unpaired) electrons. The average molecular weight is 229 g/mol. The molecule has 0 saturated carbocycles. The first-order valence-electron chi connectivity index (χ1n) is 4.45. The number of aliphatic hydroxyl groups is 1. The van der Waals surface area contributed by atoms with Crippen molar-refractivity contribution in [3.05, 3.63) is 39.4 Å². The van der Waals surface area contributed by atoms with Gasteiger partial charge < -0.3 is 5.11 Å². The SMILES string of the molecule is O=[N+]([O-])c1ccc2c(c1)[C@@H](NCl)[C@@H](O)C2. The fraction of sp³-hybridized carbons (Fsp3) is 0.333. The number of nitrogens with zero attached hydrogens (tertiary/aromatic N) is 1. The zero-order valence-corrected chi connectivity index (χ0v) is 8.44. The second-order valence-electron chi connectivity index (χ2n) is 3.50. The van der Waals surface area contributed by atoms with Gasteiger partial charge in [0.15, 0.2) is 0 Å². The van der Waals surface area contributed by atoms with Gasteiger partial charge in [0.1, 0.15) is 0 Å². The minimum atomic E-state index is -0.625. The Labute approximate surface area is 90.9 Å². The third kappa shape index (κ3) is 1.69. The summed E-state index contributed by atoms with van der Waals surface area (Å²) in [5.41, 5.74) is 1.61. The minimum absolute atomic E-state index is 0.0137. The Morgan fingerprint density at radius 3 is 2.93 bits per heavy atom. The van der Waals surface area contributed by atoms with Crippen LogP contribution in [-0.2, 0) is 6.42 Å². The molecule has 1 aromatic rings. The molecule has 0 aromatic heterocycles. The molecule has 80 valence electrons. The van der Waals surface area contributed by atoms with Crippen molar-refractivity contribution in [2.75, 3.05) is 0 Å². The number of non-ortho nitro benzene ring substituents is 1. The Morgan fingerprint density at radius 1 is 1.60 bits per heavy atom. The maximum atomic E-state index is 10.6. The average Bonchev–Trinajstić information content (AvgIpc) is 2.51. The first-order chi connectivity index (χ1) is 7.13. The van der Waals surface area contributed by atoms with Gasteiger partial charge in [-0.3, -0.25) is 10.1 Å². The van der Waals surface area contributed by atoms with Gasteiger partial charge in [0.2, 0.25) is 0 Å². The van der Waals surface area contributed by atoms with Gasteiger partial charge in [-0.05, 0) is 22.9 Å².